The molecule has 0 saturated heterocycles. The Morgan fingerprint density at radius 2 is 2.06 bits per heavy atom. The van der Waals surface area contributed by atoms with E-state index in [0.717, 1.165) is 36.8 Å². The highest BCUT2D eigenvalue weighted by atomic mass is 19.4. The van der Waals surface area contributed by atoms with Gasteiger partial charge >= 0.3 is 6.18 Å². The molecule has 1 aliphatic rings. The number of aromatic nitrogens is 1. The molecule has 2 nitrogen and oxygen atoms in total. The van der Waals surface area contributed by atoms with Crippen molar-refractivity contribution >= 4 is 0 Å². The lowest BCUT2D eigenvalue weighted by Gasteiger charge is -2.08. The zero-order chi connectivity index (χ0) is 12.5. The molecule has 5 heteroatoms. The predicted molar refractivity (Wildman–Crippen MR) is 59.6 cm³/mol. The summed E-state index contributed by atoms with van der Waals surface area (Å²) in [6, 6.07) is -0.0142. The lowest BCUT2D eigenvalue weighted by molar-refractivity contribution is -0.136. The van der Waals surface area contributed by atoms with Crippen LogP contribution in [0.2, 0.25) is 0 Å². The predicted octanol–water partition coefficient (Wildman–Crippen LogP) is 3.17. The van der Waals surface area contributed by atoms with E-state index in [4.69, 9.17) is 5.73 Å². The van der Waals surface area contributed by atoms with Crippen LogP contribution in [-0.2, 0) is 13.0 Å². The van der Waals surface area contributed by atoms with Crippen molar-refractivity contribution in [1.29, 1.82) is 0 Å². The van der Waals surface area contributed by atoms with E-state index in [2.05, 4.69) is 0 Å². The largest absolute Gasteiger partial charge is 0.390 e. The maximum atomic E-state index is 12.1. The number of hydrogen-bond donors (Lipinski definition) is 1. The third-order valence-electron chi connectivity index (χ3n) is 3.26. The molecule has 2 N–H and O–H groups in total. The summed E-state index contributed by atoms with van der Waals surface area (Å²) >= 11 is 0. The van der Waals surface area contributed by atoms with Gasteiger partial charge in [-0.2, -0.15) is 13.2 Å². The first kappa shape index (κ1) is 12.5. The van der Waals surface area contributed by atoms with E-state index >= 15 is 0 Å². The van der Waals surface area contributed by atoms with Crippen LogP contribution in [0.5, 0.6) is 0 Å². The summed E-state index contributed by atoms with van der Waals surface area (Å²) < 4.78 is 38.0. The summed E-state index contributed by atoms with van der Waals surface area (Å²) in [7, 11) is 0. The average molecular weight is 246 g/mol. The summed E-state index contributed by atoms with van der Waals surface area (Å²) in [4.78, 5) is 0. The van der Waals surface area contributed by atoms with E-state index < -0.39 is 12.6 Å². The van der Waals surface area contributed by atoms with Gasteiger partial charge in [-0.15, -0.1) is 0 Å². The van der Waals surface area contributed by atoms with Gasteiger partial charge in [-0.05, 0) is 30.4 Å². The Morgan fingerprint density at radius 3 is 2.76 bits per heavy atom. The van der Waals surface area contributed by atoms with E-state index in [-0.39, 0.29) is 12.6 Å². The van der Waals surface area contributed by atoms with E-state index in [1.807, 2.05) is 6.20 Å². The lowest BCUT2D eigenvalue weighted by atomic mass is 10.1. The second-order valence-corrected chi connectivity index (χ2v) is 4.69. The molecule has 1 unspecified atom stereocenters. The van der Waals surface area contributed by atoms with Crippen molar-refractivity contribution in [3.8, 4) is 0 Å². The molecule has 1 atom stereocenters. The van der Waals surface area contributed by atoms with Crippen molar-refractivity contribution in [2.24, 2.45) is 5.73 Å². The first-order valence-corrected chi connectivity index (χ1v) is 5.96. The molecule has 1 heterocycles. The molecule has 1 aromatic heterocycles. The van der Waals surface area contributed by atoms with Gasteiger partial charge in [0.15, 0.2) is 0 Å². The monoisotopic (exact) mass is 246 g/mol. The van der Waals surface area contributed by atoms with Crippen LogP contribution in [0, 0.1) is 0 Å². The van der Waals surface area contributed by atoms with Crippen molar-refractivity contribution < 1.29 is 13.2 Å². The van der Waals surface area contributed by atoms with Crippen molar-refractivity contribution in [3.63, 3.8) is 0 Å². The Labute approximate surface area is 98.6 Å². The van der Waals surface area contributed by atoms with Gasteiger partial charge in [0.1, 0.15) is 0 Å². The van der Waals surface area contributed by atoms with Crippen molar-refractivity contribution in [3.05, 3.63) is 23.5 Å². The molecule has 0 aliphatic heterocycles. The minimum atomic E-state index is -4.09. The highest BCUT2D eigenvalue weighted by molar-refractivity contribution is 5.28. The quantitative estimate of drug-likeness (QED) is 0.798. The number of aryl methyl sites for hydroxylation is 2. The van der Waals surface area contributed by atoms with Crippen LogP contribution in [-0.4, -0.2) is 10.7 Å². The number of alkyl halides is 3. The summed E-state index contributed by atoms with van der Waals surface area (Å²) in [5.41, 5.74) is 8.16. The van der Waals surface area contributed by atoms with Gasteiger partial charge in [0, 0.05) is 25.0 Å². The number of hydrogen-bond acceptors (Lipinski definition) is 1. The number of halogens is 3. The van der Waals surface area contributed by atoms with Crippen LogP contribution in [0.1, 0.15) is 42.9 Å². The molecule has 1 aromatic rings. The van der Waals surface area contributed by atoms with Gasteiger partial charge in [0.2, 0.25) is 0 Å². The minimum Gasteiger partial charge on any atom is -0.353 e. The maximum absolute atomic E-state index is 12.1. The van der Waals surface area contributed by atoms with Gasteiger partial charge in [-0.3, -0.25) is 0 Å². The Hall–Kier alpha value is -0.970. The molecule has 17 heavy (non-hydrogen) atoms. The molecule has 2 rings (SSSR count). The Morgan fingerprint density at radius 1 is 1.29 bits per heavy atom. The average Bonchev–Trinajstić information content (AvgIpc) is 2.57. The molecule has 0 bridgehead atoms. The Balaban J connectivity index is 2.09. The second kappa shape index (κ2) is 4.72. The molecule has 0 amide bonds. The smallest absolute Gasteiger partial charge is 0.353 e. The van der Waals surface area contributed by atoms with Crippen LogP contribution in [0.4, 0.5) is 13.2 Å². The van der Waals surface area contributed by atoms with Crippen molar-refractivity contribution in [2.75, 3.05) is 0 Å². The summed E-state index contributed by atoms with van der Waals surface area (Å²) in [5.74, 6) is 0. The number of fused-ring (bicyclic) bond motifs is 1. The molecule has 96 valence electrons. The fourth-order valence-corrected chi connectivity index (χ4v) is 2.34. The number of nitrogens with zero attached hydrogens (tertiary/aromatic N) is 1. The van der Waals surface area contributed by atoms with Gasteiger partial charge in [-0.1, -0.05) is 6.42 Å². The highest BCUT2D eigenvalue weighted by Crippen LogP contribution is 2.28. The topological polar surface area (TPSA) is 30.9 Å². The van der Waals surface area contributed by atoms with Crippen molar-refractivity contribution in [2.45, 2.75) is 50.9 Å². The molecule has 0 aromatic carbocycles. The van der Waals surface area contributed by atoms with Crippen LogP contribution in [0.25, 0.3) is 0 Å². The van der Waals surface area contributed by atoms with Gasteiger partial charge in [0.25, 0.3) is 0 Å². The van der Waals surface area contributed by atoms with Gasteiger partial charge in [-0.25, -0.2) is 0 Å². The van der Waals surface area contributed by atoms with E-state index in [9.17, 15) is 13.2 Å². The fourth-order valence-electron chi connectivity index (χ4n) is 2.34. The maximum Gasteiger partial charge on any atom is 0.390 e. The highest BCUT2D eigenvalue weighted by Gasteiger charge is 2.27. The van der Waals surface area contributed by atoms with Gasteiger partial charge in [0.05, 0.1) is 6.42 Å². The zero-order valence-corrected chi connectivity index (χ0v) is 9.63. The molecule has 0 fully saturated rings. The molecular formula is C12H17F3N2. The molecule has 0 spiro atoms. The lowest BCUT2D eigenvalue weighted by Crippen LogP contribution is -2.12. The zero-order valence-electron chi connectivity index (χ0n) is 9.63. The third-order valence-corrected chi connectivity index (χ3v) is 3.26. The summed E-state index contributed by atoms with van der Waals surface area (Å²) in [6.45, 7) is -0.0107. The number of rotatable bonds is 2. The van der Waals surface area contributed by atoms with Crippen LogP contribution in [0.3, 0.4) is 0 Å². The third kappa shape index (κ3) is 3.25. The fraction of sp³-hybridized carbons (Fsp3) is 0.667. The van der Waals surface area contributed by atoms with Crippen LogP contribution in [0.15, 0.2) is 12.4 Å². The minimum absolute atomic E-state index is 0.0107. The van der Waals surface area contributed by atoms with E-state index in [1.54, 1.807) is 10.8 Å². The molecule has 0 radical (unpaired) electrons. The van der Waals surface area contributed by atoms with E-state index in [1.165, 1.54) is 0 Å². The normalized spacial score (nSPS) is 21.1. The Kier molecular flexibility index (Phi) is 3.47. The molecule has 0 saturated carbocycles. The SMILES string of the molecule is NC1CCCCc2cn(CCC(F)(F)F)cc21. The van der Waals surface area contributed by atoms with E-state index in [0.29, 0.717) is 0 Å². The second-order valence-electron chi connectivity index (χ2n) is 4.69. The summed E-state index contributed by atoms with van der Waals surface area (Å²) in [6.07, 6.45) is 2.77. The first-order chi connectivity index (χ1) is 7.96. The summed E-state index contributed by atoms with van der Waals surface area (Å²) in [5, 5.41) is 0. The first-order valence-electron chi connectivity index (χ1n) is 5.96. The Bertz CT molecular complexity index is 382. The molecule has 1 aliphatic carbocycles. The number of nitrogens with two attached hydrogens (primary N) is 1. The molecular weight excluding hydrogens is 229 g/mol. The van der Waals surface area contributed by atoms with Crippen molar-refractivity contribution in [1.82, 2.24) is 4.57 Å². The van der Waals surface area contributed by atoms with Gasteiger partial charge < -0.3 is 10.3 Å². The van der Waals surface area contributed by atoms with Crippen LogP contribution >= 0.6 is 0 Å². The standard InChI is InChI=1S/C12H17F3N2/c13-12(14,15)5-6-17-7-9-3-1-2-4-11(16)10(9)8-17/h7-8,11H,1-6,16H2. The van der Waals surface area contributed by atoms with Crippen LogP contribution < -0.4 is 5.73 Å².